The van der Waals surface area contributed by atoms with Gasteiger partial charge in [0, 0.05) is 44.5 Å². The minimum atomic E-state index is 0.377. The SMILES string of the molecule is CCN1CCN(c2ccc(CNc3nc(-c4cccc(OC)c4)no3)cn2)CC1. The molecule has 3 heterocycles. The van der Waals surface area contributed by atoms with Crippen LogP contribution in [0.15, 0.2) is 47.1 Å². The highest BCUT2D eigenvalue weighted by molar-refractivity contribution is 5.58. The van der Waals surface area contributed by atoms with Crippen LogP contribution in [0, 0.1) is 0 Å². The molecular weight excluding hydrogens is 368 g/mol. The summed E-state index contributed by atoms with van der Waals surface area (Å²) in [6, 6.07) is 12.1. The first-order valence-electron chi connectivity index (χ1n) is 9.89. The van der Waals surface area contributed by atoms with Crippen molar-refractivity contribution in [3.05, 3.63) is 48.2 Å². The second-order valence-corrected chi connectivity index (χ2v) is 6.95. The van der Waals surface area contributed by atoms with Gasteiger partial charge in [0.25, 0.3) is 0 Å². The van der Waals surface area contributed by atoms with E-state index in [1.807, 2.05) is 30.5 Å². The van der Waals surface area contributed by atoms with E-state index in [9.17, 15) is 0 Å². The van der Waals surface area contributed by atoms with Crippen LogP contribution in [-0.2, 0) is 6.54 Å². The van der Waals surface area contributed by atoms with Gasteiger partial charge in [-0.05, 0) is 30.3 Å². The third kappa shape index (κ3) is 4.65. The maximum atomic E-state index is 5.31. The Kier molecular flexibility index (Phi) is 5.90. The third-order valence-corrected chi connectivity index (χ3v) is 5.15. The predicted octanol–water partition coefficient (Wildman–Crippen LogP) is 2.89. The van der Waals surface area contributed by atoms with Crippen molar-refractivity contribution in [1.82, 2.24) is 20.0 Å². The summed E-state index contributed by atoms with van der Waals surface area (Å²) < 4.78 is 10.5. The standard InChI is InChI=1S/C21H26N6O2/c1-3-26-9-11-27(12-10-26)19-8-7-16(14-22-19)15-23-21-24-20(25-29-21)17-5-4-6-18(13-17)28-2/h4-8,13-14H,3,9-12,15H2,1-2H3,(H,23,24,25). The summed E-state index contributed by atoms with van der Waals surface area (Å²) in [7, 11) is 1.63. The molecule has 3 aromatic rings. The number of hydrogen-bond donors (Lipinski definition) is 1. The number of aromatic nitrogens is 3. The van der Waals surface area contributed by atoms with Crippen LogP contribution in [-0.4, -0.2) is 59.9 Å². The third-order valence-electron chi connectivity index (χ3n) is 5.15. The number of ether oxygens (including phenoxy) is 1. The zero-order chi connectivity index (χ0) is 20.1. The summed E-state index contributed by atoms with van der Waals surface area (Å²) in [5, 5.41) is 7.19. The molecule has 0 aliphatic carbocycles. The molecule has 8 heteroatoms. The lowest BCUT2D eigenvalue weighted by Gasteiger charge is -2.34. The Morgan fingerprint density at radius 1 is 1.14 bits per heavy atom. The first-order chi connectivity index (χ1) is 14.2. The molecule has 1 saturated heterocycles. The molecule has 0 saturated carbocycles. The molecule has 152 valence electrons. The van der Waals surface area contributed by atoms with Crippen LogP contribution in [0.4, 0.5) is 11.8 Å². The normalized spacial score (nSPS) is 14.8. The van der Waals surface area contributed by atoms with E-state index in [0.29, 0.717) is 18.4 Å². The summed E-state index contributed by atoms with van der Waals surface area (Å²) in [6.45, 7) is 8.11. The maximum absolute atomic E-state index is 5.31. The molecule has 1 aromatic carbocycles. The average Bonchev–Trinajstić information content (AvgIpc) is 3.27. The van der Waals surface area contributed by atoms with E-state index in [1.54, 1.807) is 7.11 Å². The molecule has 1 fully saturated rings. The van der Waals surface area contributed by atoms with Crippen molar-refractivity contribution in [2.45, 2.75) is 13.5 Å². The minimum Gasteiger partial charge on any atom is -0.497 e. The van der Waals surface area contributed by atoms with E-state index in [2.05, 4.69) is 49.3 Å². The van der Waals surface area contributed by atoms with Crippen molar-refractivity contribution in [2.24, 2.45) is 0 Å². The highest BCUT2D eigenvalue weighted by Crippen LogP contribution is 2.22. The lowest BCUT2D eigenvalue weighted by molar-refractivity contribution is 0.270. The number of hydrogen-bond acceptors (Lipinski definition) is 8. The topological polar surface area (TPSA) is 79.5 Å². The molecule has 1 aliphatic rings. The van der Waals surface area contributed by atoms with Crippen LogP contribution in [0.1, 0.15) is 12.5 Å². The monoisotopic (exact) mass is 394 g/mol. The van der Waals surface area contributed by atoms with Gasteiger partial charge in [0.2, 0.25) is 5.82 Å². The Bertz CT molecular complexity index is 919. The molecule has 0 atom stereocenters. The Morgan fingerprint density at radius 3 is 2.72 bits per heavy atom. The number of benzene rings is 1. The quantitative estimate of drug-likeness (QED) is 0.655. The van der Waals surface area contributed by atoms with Crippen molar-refractivity contribution < 1.29 is 9.26 Å². The van der Waals surface area contributed by atoms with E-state index in [-0.39, 0.29) is 0 Å². The van der Waals surface area contributed by atoms with Gasteiger partial charge in [-0.1, -0.05) is 30.3 Å². The van der Waals surface area contributed by atoms with Gasteiger partial charge in [0.1, 0.15) is 11.6 Å². The molecule has 1 aliphatic heterocycles. The average molecular weight is 394 g/mol. The summed E-state index contributed by atoms with van der Waals surface area (Å²) in [5.41, 5.74) is 1.90. The van der Waals surface area contributed by atoms with Gasteiger partial charge < -0.3 is 24.4 Å². The molecule has 2 aromatic heterocycles. The summed E-state index contributed by atoms with van der Waals surface area (Å²) in [5.74, 6) is 2.30. The van der Waals surface area contributed by atoms with Gasteiger partial charge in [-0.25, -0.2) is 4.98 Å². The van der Waals surface area contributed by atoms with E-state index >= 15 is 0 Å². The first-order valence-corrected chi connectivity index (χ1v) is 9.89. The number of nitrogens with one attached hydrogen (secondary N) is 1. The Balaban J connectivity index is 1.33. The van der Waals surface area contributed by atoms with Crippen molar-refractivity contribution in [3.8, 4) is 17.1 Å². The molecule has 0 unspecified atom stereocenters. The lowest BCUT2D eigenvalue weighted by Crippen LogP contribution is -2.46. The van der Waals surface area contributed by atoms with Gasteiger partial charge >= 0.3 is 6.01 Å². The van der Waals surface area contributed by atoms with Crippen molar-refractivity contribution in [3.63, 3.8) is 0 Å². The number of rotatable bonds is 7. The summed E-state index contributed by atoms with van der Waals surface area (Å²) in [4.78, 5) is 13.8. The van der Waals surface area contributed by atoms with Crippen LogP contribution in [0.25, 0.3) is 11.4 Å². The van der Waals surface area contributed by atoms with Crippen LogP contribution >= 0.6 is 0 Å². The summed E-state index contributed by atoms with van der Waals surface area (Å²) in [6.07, 6.45) is 1.90. The Labute approximate surface area is 170 Å². The van der Waals surface area contributed by atoms with Crippen molar-refractivity contribution in [1.29, 1.82) is 0 Å². The van der Waals surface area contributed by atoms with Gasteiger partial charge in [-0.15, -0.1) is 0 Å². The van der Waals surface area contributed by atoms with Gasteiger partial charge in [-0.3, -0.25) is 0 Å². The van der Waals surface area contributed by atoms with E-state index in [0.717, 1.165) is 55.4 Å². The van der Waals surface area contributed by atoms with Crippen LogP contribution < -0.4 is 15.0 Å². The molecule has 0 bridgehead atoms. The fourth-order valence-electron chi connectivity index (χ4n) is 3.35. The highest BCUT2D eigenvalue weighted by Gasteiger charge is 2.16. The minimum absolute atomic E-state index is 0.377. The molecular formula is C21H26N6O2. The van der Waals surface area contributed by atoms with E-state index in [1.165, 1.54) is 0 Å². The highest BCUT2D eigenvalue weighted by atomic mass is 16.5. The van der Waals surface area contributed by atoms with Crippen LogP contribution in [0.3, 0.4) is 0 Å². The van der Waals surface area contributed by atoms with E-state index < -0.39 is 0 Å². The molecule has 0 amide bonds. The van der Waals surface area contributed by atoms with Gasteiger partial charge in [0.05, 0.1) is 7.11 Å². The predicted molar refractivity (Wildman–Crippen MR) is 112 cm³/mol. The zero-order valence-electron chi connectivity index (χ0n) is 16.8. The molecule has 0 radical (unpaired) electrons. The number of methoxy groups -OCH3 is 1. The number of piperazine rings is 1. The second-order valence-electron chi connectivity index (χ2n) is 6.95. The lowest BCUT2D eigenvalue weighted by atomic mass is 10.2. The van der Waals surface area contributed by atoms with Crippen LogP contribution in [0.2, 0.25) is 0 Å². The second kappa shape index (κ2) is 8.91. The number of likely N-dealkylation sites (N-methyl/N-ethyl adjacent to an activating group) is 1. The van der Waals surface area contributed by atoms with Crippen molar-refractivity contribution >= 4 is 11.8 Å². The molecule has 29 heavy (non-hydrogen) atoms. The van der Waals surface area contributed by atoms with Crippen molar-refractivity contribution in [2.75, 3.05) is 50.1 Å². The number of pyridine rings is 1. The summed E-state index contributed by atoms with van der Waals surface area (Å²) >= 11 is 0. The number of nitrogens with zero attached hydrogens (tertiary/aromatic N) is 5. The first kappa shape index (κ1) is 19.2. The zero-order valence-corrected chi connectivity index (χ0v) is 16.8. The van der Waals surface area contributed by atoms with Gasteiger partial charge in [0.15, 0.2) is 0 Å². The van der Waals surface area contributed by atoms with E-state index in [4.69, 9.17) is 9.26 Å². The number of anilines is 2. The van der Waals surface area contributed by atoms with Crippen LogP contribution in [0.5, 0.6) is 5.75 Å². The van der Waals surface area contributed by atoms with Gasteiger partial charge in [-0.2, -0.15) is 4.98 Å². The smallest absolute Gasteiger partial charge is 0.322 e. The molecule has 4 rings (SSSR count). The largest absolute Gasteiger partial charge is 0.497 e. The fourth-order valence-corrected chi connectivity index (χ4v) is 3.35. The molecule has 1 N–H and O–H groups in total. The molecule has 0 spiro atoms. The fraction of sp³-hybridized carbons (Fsp3) is 0.381. The molecule has 8 nitrogen and oxygen atoms in total. The Morgan fingerprint density at radius 2 is 2.00 bits per heavy atom. The Hall–Kier alpha value is -3.13. The maximum Gasteiger partial charge on any atom is 0.322 e.